The van der Waals surface area contributed by atoms with Crippen LogP contribution in [0.15, 0.2) is 24.7 Å². The normalized spacial score (nSPS) is 38.6. The molecule has 2 unspecified atom stereocenters. The van der Waals surface area contributed by atoms with Gasteiger partial charge in [0.05, 0.1) is 0 Å². The van der Waals surface area contributed by atoms with E-state index >= 15 is 0 Å². The SMILES string of the molecule is C=C1OC(=C)C(O)C(O)C1O. The van der Waals surface area contributed by atoms with Crippen LogP contribution in [0.25, 0.3) is 0 Å². The molecule has 3 N–H and O–H groups in total. The molecule has 0 radical (unpaired) electrons. The lowest BCUT2D eigenvalue weighted by Gasteiger charge is -2.31. The summed E-state index contributed by atoms with van der Waals surface area (Å²) in [5.74, 6) is 0.0144. The summed E-state index contributed by atoms with van der Waals surface area (Å²) in [4.78, 5) is 0. The molecule has 0 aromatic carbocycles. The smallest absolute Gasteiger partial charge is 0.140 e. The minimum Gasteiger partial charge on any atom is -0.462 e. The fourth-order valence-corrected chi connectivity index (χ4v) is 0.843. The van der Waals surface area contributed by atoms with E-state index in [1.165, 1.54) is 0 Å². The van der Waals surface area contributed by atoms with Crippen molar-refractivity contribution >= 4 is 0 Å². The molecule has 4 nitrogen and oxygen atoms in total. The van der Waals surface area contributed by atoms with Crippen molar-refractivity contribution in [3.05, 3.63) is 24.7 Å². The Morgan fingerprint density at radius 2 is 1.36 bits per heavy atom. The molecule has 1 aliphatic rings. The van der Waals surface area contributed by atoms with Crippen molar-refractivity contribution in [3.8, 4) is 0 Å². The number of hydrogen-bond donors (Lipinski definition) is 3. The molecule has 0 aliphatic carbocycles. The van der Waals surface area contributed by atoms with Gasteiger partial charge in [0.25, 0.3) is 0 Å². The van der Waals surface area contributed by atoms with Gasteiger partial charge in [0, 0.05) is 0 Å². The van der Waals surface area contributed by atoms with E-state index in [1.807, 2.05) is 0 Å². The van der Waals surface area contributed by atoms with Crippen LogP contribution in [0.4, 0.5) is 0 Å². The van der Waals surface area contributed by atoms with E-state index in [0.29, 0.717) is 0 Å². The van der Waals surface area contributed by atoms with Gasteiger partial charge in [-0.15, -0.1) is 0 Å². The Morgan fingerprint density at radius 1 is 1.00 bits per heavy atom. The van der Waals surface area contributed by atoms with Crippen molar-refractivity contribution in [3.63, 3.8) is 0 Å². The molecule has 0 aromatic rings. The maximum absolute atomic E-state index is 9.09. The fourth-order valence-electron chi connectivity index (χ4n) is 0.843. The summed E-state index contributed by atoms with van der Waals surface area (Å²) < 4.78 is 4.73. The lowest BCUT2D eigenvalue weighted by molar-refractivity contribution is -0.0889. The summed E-state index contributed by atoms with van der Waals surface area (Å²) >= 11 is 0. The van der Waals surface area contributed by atoms with Crippen molar-refractivity contribution < 1.29 is 20.1 Å². The zero-order valence-corrected chi connectivity index (χ0v) is 5.90. The van der Waals surface area contributed by atoms with Crippen LogP contribution in [-0.2, 0) is 4.74 Å². The van der Waals surface area contributed by atoms with E-state index in [0.717, 1.165) is 0 Å². The molecular weight excluding hydrogens is 148 g/mol. The Balaban J connectivity index is 2.78. The number of aliphatic hydroxyl groups excluding tert-OH is 3. The average Bonchev–Trinajstić information content (AvgIpc) is 1.97. The zero-order chi connectivity index (χ0) is 8.59. The number of aliphatic hydroxyl groups is 3. The highest BCUT2D eigenvalue weighted by atomic mass is 16.5. The van der Waals surface area contributed by atoms with Crippen LogP contribution >= 0.6 is 0 Å². The summed E-state index contributed by atoms with van der Waals surface area (Å²) in [6.07, 6.45) is -3.77. The molecule has 0 saturated carbocycles. The monoisotopic (exact) mass is 158 g/mol. The summed E-state index contributed by atoms with van der Waals surface area (Å²) in [6, 6.07) is 0. The molecule has 1 saturated heterocycles. The second-order valence-corrected chi connectivity index (χ2v) is 2.41. The van der Waals surface area contributed by atoms with Crippen molar-refractivity contribution in [1.29, 1.82) is 0 Å². The summed E-state index contributed by atoms with van der Waals surface area (Å²) in [6.45, 7) is 6.65. The molecule has 0 spiro atoms. The highest BCUT2D eigenvalue weighted by molar-refractivity contribution is 5.13. The van der Waals surface area contributed by atoms with Gasteiger partial charge in [0.1, 0.15) is 29.8 Å². The van der Waals surface area contributed by atoms with Crippen LogP contribution in [0.1, 0.15) is 0 Å². The molecule has 1 aliphatic heterocycles. The van der Waals surface area contributed by atoms with Crippen LogP contribution in [-0.4, -0.2) is 33.6 Å². The zero-order valence-electron chi connectivity index (χ0n) is 5.90. The predicted octanol–water partition coefficient (Wildman–Crippen LogP) is -0.873. The van der Waals surface area contributed by atoms with Gasteiger partial charge >= 0.3 is 0 Å². The third-order valence-electron chi connectivity index (χ3n) is 1.57. The van der Waals surface area contributed by atoms with Crippen LogP contribution < -0.4 is 0 Å². The van der Waals surface area contributed by atoms with E-state index in [1.54, 1.807) is 0 Å². The highest BCUT2D eigenvalue weighted by Crippen LogP contribution is 2.23. The molecule has 4 heteroatoms. The molecule has 1 fully saturated rings. The van der Waals surface area contributed by atoms with Gasteiger partial charge in [0.2, 0.25) is 0 Å². The molecule has 2 atom stereocenters. The lowest BCUT2D eigenvalue weighted by Crippen LogP contribution is -2.44. The van der Waals surface area contributed by atoms with Gasteiger partial charge in [0.15, 0.2) is 0 Å². The lowest BCUT2D eigenvalue weighted by atomic mass is 10.0. The van der Waals surface area contributed by atoms with Gasteiger partial charge in [-0.05, 0) is 0 Å². The van der Waals surface area contributed by atoms with Gasteiger partial charge in [-0.3, -0.25) is 0 Å². The van der Waals surface area contributed by atoms with Crippen molar-refractivity contribution in [2.75, 3.05) is 0 Å². The first-order valence-corrected chi connectivity index (χ1v) is 3.13. The molecule has 1 heterocycles. The van der Waals surface area contributed by atoms with E-state index in [2.05, 4.69) is 13.2 Å². The fraction of sp³-hybridized carbons (Fsp3) is 0.429. The van der Waals surface area contributed by atoms with Crippen LogP contribution in [0.2, 0.25) is 0 Å². The topological polar surface area (TPSA) is 69.9 Å². The number of rotatable bonds is 0. The molecule has 0 amide bonds. The van der Waals surface area contributed by atoms with E-state index in [4.69, 9.17) is 20.1 Å². The minimum atomic E-state index is -1.29. The Kier molecular flexibility index (Phi) is 1.99. The molecule has 0 aromatic heterocycles. The summed E-state index contributed by atoms with van der Waals surface area (Å²) in [5, 5.41) is 27.2. The van der Waals surface area contributed by atoms with E-state index in [-0.39, 0.29) is 11.5 Å². The highest BCUT2D eigenvalue weighted by Gasteiger charge is 2.35. The third-order valence-corrected chi connectivity index (χ3v) is 1.57. The van der Waals surface area contributed by atoms with E-state index < -0.39 is 18.3 Å². The van der Waals surface area contributed by atoms with Crippen LogP contribution in [0, 0.1) is 0 Å². The second-order valence-electron chi connectivity index (χ2n) is 2.41. The van der Waals surface area contributed by atoms with Gasteiger partial charge in [-0.25, -0.2) is 0 Å². The summed E-state index contributed by atoms with van der Waals surface area (Å²) in [5.41, 5.74) is 0. The first-order chi connectivity index (χ1) is 5.04. The maximum atomic E-state index is 9.09. The van der Waals surface area contributed by atoms with Crippen molar-refractivity contribution in [2.24, 2.45) is 0 Å². The van der Waals surface area contributed by atoms with Gasteiger partial charge < -0.3 is 20.1 Å². The molecule has 62 valence electrons. The third kappa shape index (κ3) is 1.28. The van der Waals surface area contributed by atoms with Gasteiger partial charge in [-0.2, -0.15) is 0 Å². The Hall–Kier alpha value is -0.840. The first-order valence-electron chi connectivity index (χ1n) is 3.13. The summed E-state index contributed by atoms with van der Waals surface area (Å²) in [7, 11) is 0. The first kappa shape index (κ1) is 8.26. The minimum absolute atomic E-state index is 0.00722. The number of hydrogen-bond acceptors (Lipinski definition) is 4. The Morgan fingerprint density at radius 3 is 1.73 bits per heavy atom. The Labute approximate surface area is 64.0 Å². The molecule has 1 rings (SSSR count). The standard InChI is InChI=1S/C7H10O4/c1-3-5(8)7(10)6(9)4(2)11-3/h5-10H,1-2H2. The molecular formula is C7H10O4. The molecule has 11 heavy (non-hydrogen) atoms. The second kappa shape index (κ2) is 2.65. The van der Waals surface area contributed by atoms with Crippen LogP contribution in [0.3, 0.4) is 0 Å². The quantitative estimate of drug-likeness (QED) is 0.428. The largest absolute Gasteiger partial charge is 0.462 e. The predicted molar refractivity (Wildman–Crippen MR) is 37.4 cm³/mol. The molecule has 0 bridgehead atoms. The van der Waals surface area contributed by atoms with Gasteiger partial charge in [-0.1, -0.05) is 13.2 Å². The van der Waals surface area contributed by atoms with Crippen molar-refractivity contribution in [2.45, 2.75) is 18.3 Å². The maximum Gasteiger partial charge on any atom is 0.140 e. The van der Waals surface area contributed by atoms with Crippen LogP contribution in [0.5, 0.6) is 0 Å². The Bertz CT molecular complexity index is 179. The number of ether oxygens (including phenoxy) is 1. The average molecular weight is 158 g/mol. The van der Waals surface area contributed by atoms with E-state index in [9.17, 15) is 0 Å². The van der Waals surface area contributed by atoms with Crippen molar-refractivity contribution in [1.82, 2.24) is 0 Å².